The van der Waals surface area contributed by atoms with Gasteiger partial charge in [-0.1, -0.05) is 0 Å². The van der Waals surface area contributed by atoms with E-state index in [9.17, 15) is 0 Å². The molecule has 1 aliphatic rings. The third-order valence-electron chi connectivity index (χ3n) is 1.17. The minimum absolute atomic E-state index is 0.123. The molecule has 0 radical (unpaired) electrons. The first kappa shape index (κ1) is 6.91. The van der Waals surface area contributed by atoms with Gasteiger partial charge in [0.25, 0.3) is 0 Å². The first-order valence-electron chi connectivity index (χ1n) is 2.56. The maximum absolute atomic E-state index is 7.88. The van der Waals surface area contributed by atoms with Gasteiger partial charge in [-0.25, -0.2) is 9.78 Å². The molecule has 1 rings (SSSR count). The van der Waals surface area contributed by atoms with Gasteiger partial charge in [0.05, 0.1) is 0 Å². The van der Waals surface area contributed by atoms with E-state index in [1.165, 1.54) is 0 Å². The standard InChI is InChI=1S/C4H8O5/c5-7-1-3-4(9-3)2-8-6/h3-6H,1-2H2. The molecule has 5 nitrogen and oxygen atoms in total. The highest BCUT2D eigenvalue weighted by molar-refractivity contribution is 4.83. The van der Waals surface area contributed by atoms with Crippen LogP contribution >= 0.6 is 0 Å². The average Bonchev–Trinajstić information content (AvgIpc) is 2.50. The van der Waals surface area contributed by atoms with Crippen molar-refractivity contribution in [3.63, 3.8) is 0 Å². The third-order valence-corrected chi connectivity index (χ3v) is 1.17. The van der Waals surface area contributed by atoms with Crippen LogP contribution in [-0.4, -0.2) is 35.9 Å². The Morgan fingerprint density at radius 2 is 1.56 bits per heavy atom. The Balaban J connectivity index is 1.96. The molecule has 0 aliphatic carbocycles. The molecule has 0 aromatic carbocycles. The van der Waals surface area contributed by atoms with E-state index in [0.29, 0.717) is 0 Å². The molecule has 0 aromatic heterocycles. The summed E-state index contributed by atoms with van der Waals surface area (Å²) in [5.41, 5.74) is 0. The van der Waals surface area contributed by atoms with Crippen molar-refractivity contribution >= 4 is 0 Å². The molecule has 2 unspecified atom stereocenters. The summed E-state index contributed by atoms with van der Waals surface area (Å²) in [5, 5.41) is 15.8. The van der Waals surface area contributed by atoms with Crippen LogP contribution in [0.3, 0.4) is 0 Å². The summed E-state index contributed by atoms with van der Waals surface area (Å²) < 4.78 is 4.83. The monoisotopic (exact) mass is 136 g/mol. The van der Waals surface area contributed by atoms with Gasteiger partial charge in [-0.3, -0.25) is 10.5 Å². The van der Waals surface area contributed by atoms with Crippen LogP contribution in [0.5, 0.6) is 0 Å². The molecule has 1 heterocycles. The molecular formula is C4H8O5. The maximum Gasteiger partial charge on any atom is 0.113 e. The van der Waals surface area contributed by atoms with Crippen molar-refractivity contribution in [2.45, 2.75) is 12.2 Å². The quantitative estimate of drug-likeness (QED) is 0.316. The van der Waals surface area contributed by atoms with Crippen molar-refractivity contribution in [1.29, 1.82) is 0 Å². The number of epoxide rings is 1. The lowest BCUT2D eigenvalue weighted by Gasteiger charge is -1.88. The number of ether oxygens (including phenoxy) is 1. The molecule has 5 heteroatoms. The summed E-state index contributed by atoms with van der Waals surface area (Å²) in [5.74, 6) is 0. The fourth-order valence-electron chi connectivity index (χ4n) is 0.619. The van der Waals surface area contributed by atoms with Crippen LogP contribution < -0.4 is 0 Å². The largest absolute Gasteiger partial charge is 0.364 e. The van der Waals surface area contributed by atoms with E-state index < -0.39 is 0 Å². The predicted octanol–water partition coefficient (Wildman–Crippen LogP) is -0.267. The highest BCUT2D eigenvalue weighted by atomic mass is 17.1. The zero-order valence-corrected chi connectivity index (χ0v) is 4.69. The minimum atomic E-state index is -0.123. The van der Waals surface area contributed by atoms with Gasteiger partial charge in [-0.05, 0) is 0 Å². The van der Waals surface area contributed by atoms with E-state index >= 15 is 0 Å². The smallest absolute Gasteiger partial charge is 0.113 e. The van der Waals surface area contributed by atoms with Gasteiger partial charge in [0, 0.05) is 0 Å². The minimum Gasteiger partial charge on any atom is -0.364 e. The highest BCUT2D eigenvalue weighted by Gasteiger charge is 2.39. The Labute approximate surface area is 51.6 Å². The van der Waals surface area contributed by atoms with Gasteiger partial charge in [-0.15, -0.1) is 0 Å². The van der Waals surface area contributed by atoms with Gasteiger partial charge >= 0.3 is 0 Å². The molecule has 1 fully saturated rings. The van der Waals surface area contributed by atoms with Crippen molar-refractivity contribution in [2.24, 2.45) is 0 Å². The fourth-order valence-corrected chi connectivity index (χ4v) is 0.619. The van der Waals surface area contributed by atoms with Gasteiger partial charge in [-0.2, -0.15) is 0 Å². The second-order valence-corrected chi connectivity index (χ2v) is 1.80. The van der Waals surface area contributed by atoms with E-state index in [1.54, 1.807) is 0 Å². The first-order chi connectivity index (χ1) is 4.38. The molecule has 0 bridgehead atoms. The van der Waals surface area contributed by atoms with Crippen LogP contribution in [0.2, 0.25) is 0 Å². The SMILES string of the molecule is OOCC1OC1COO. The summed E-state index contributed by atoms with van der Waals surface area (Å²) in [6.07, 6.45) is -0.246. The molecule has 2 N–H and O–H groups in total. The number of hydrogen-bond acceptors (Lipinski definition) is 5. The lowest BCUT2D eigenvalue weighted by Crippen LogP contribution is -2.06. The normalized spacial score (nSPS) is 32.7. The van der Waals surface area contributed by atoms with Gasteiger partial charge in [0.1, 0.15) is 25.4 Å². The fraction of sp³-hybridized carbons (Fsp3) is 1.00. The molecule has 9 heavy (non-hydrogen) atoms. The van der Waals surface area contributed by atoms with E-state index in [4.69, 9.17) is 15.3 Å². The molecule has 1 saturated heterocycles. The summed E-state index contributed by atoms with van der Waals surface area (Å²) in [7, 11) is 0. The Morgan fingerprint density at radius 1 is 1.11 bits per heavy atom. The topological polar surface area (TPSA) is 71.5 Å². The van der Waals surface area contributed by atoms with E-state index in [1.807, 2.05) is 0 Å². The van der Waals surface area contributed by atoms with Gasteiger partial charge in [0.2, 0.25) is 0 Å². The molecule has 1 aliphatic heterocycles. The summed E-state index contributed by atoms with van der Waals surface area (Å²) in [4.78, 5) is 7.56. The Morgan fingerprint density at radius 3 is 1.89 bits per heavy atom. The van der Waals surface area contributed by atoms with Crippen LogP contribution in [0.4, 0.5) is 0 Å². The molecule has 0 spiro atoms. The molecule has 0 saturated carbocycles. The van der Waals surface area contributed by atoms with Gasteiger partial charge in [0.15, 0.2) is 0 Å². The van der Waals surface area contributed by atoms with E-state index in [0.717, 1.165) is 0 Å². The van der Waals surface area contributed by atoms with Crippen LogP contribution in [0.15, 0.2) is 0 Å². The molecule has 54 valence electrons. The first-order valence-corrected chi connectivity index (χ1v) is 2.56. The predicted molar refractivity (Wildman–Crippen MR) is 25.8 cm³/mol. The second-order valence-electron chi connectivity index (χ2n) is 1.80. The van der Waals surface area contributed by atoms with Crippen LogP contribution in [-0.2, 0) is 14.5 Å². The van der Waals surface area contributed by atoms with Crippen LogP contribution in [0, 0.1) is 0 Å². The van der Waals surface area contributed by atoms with Crippen molar-refractivity contribution < 1.29 is 25.0 Å². The second kappa shape index (κ2) is 3.09. The highest BCUT2D eigenvalue weighted by Crippen LogP contribution is 2.21. The maximum atomic E-state index is 7.88. The van der Waals surface area contributed by atoms with Crippen molar-refractivity contribution in [2.75, 3.05) is 13.2 Å². The average molecular weight is 136 g/mol. The zero-order valence-electron chi connectivity index (χ0n) is 4.69. The molecular weight excluding hydrogens is 128 g/mol. The summed E-state index contributed by atoms with van der Waals surface area (Å²) in [6.45, 7) is 0.266. The van der Waals surface area contributed by atoms with Crippen molar-refractivity contribution in [1.82, 2.24) is 0 Å². The zero-order chi connectivity index (χ0) is 6.69. The van der Waals surface area contributed by atoms with Gasteiger partial charge < -0.3 is 4.74 Å². The lowest BCUT2D eigenvalue weighted by atomic mass is 10.3. The Hall–Kier alpha value is -0.200. The third kappa shape index (κ3) is 1.88. The molecule has 2 atom stereocenters. The Kier molecular flexibility index (Phi) is 2.38. The lowest BCUT2D eigenvalue weighted by molar-refractivity contribution is -0.248. The Bertz CT molecular complexity index is 75.0. The summed E-state index contributed by atoms with van der Waals surface area (Å²) in [6, 6.07) is 0. The van der Waals surface area contributed by atoms with Crippen LogP contribution in [0.1, 0.15) is 0 Å². The van der Waals surface area contributed by atoms with E-state index in [2.05, 4.69) is 9.78 Å². The van der Waals surface area contributed by atoms with Crippen LogP contribution in [0.25, 0.3) is 0 Å². The molecule has 0 aromatic rings. The number of rotatable bonds is 4. The van der Waals surface area contributed by atoms with E-state index in [-0.39, 0.29) is 25.4 Å². The van der Waals surface area contributed by atoms with Crippen molar-refractivity contribution in [3.8, 4) is 0 Å². The molecule has 0 amide bonds. The van der Waals surface area contributed by atoms with Crippen molar-refractivity contribution in [3.05, 3.63) is 0 Å². The number of hydrogen-bond donors (Lipinski definition) is 2. The summed E-state index contributed by atoms with van der Waals surface area (Å²) >= 11 is 0.